The lowest BCUT2D eigenvalue weighted by Gasteiger charge is -2.12. The number of rotatable bonds is 4. The molecule has 5 nitrogen and oxygen atoms in total. The Bertz CT molecular complexity index is 938. The molecule has 2 heterocycles. The molecule has 1 N–H and O–H groups in total. The number of nitrogens with one attached hydrogen (secondary N) is 1. The molecule has 2 aromatic heterocycles. The molecule has 0 amide bonds. The van der Waals surface area contributed by atoms with Gasteiger partial charge in [-0.2, -0.15) is 0 Å². The molecule has 122 valence electrons. The molecule has 0 spiro atoms. The van der Waals surface area contributed by atoms with Gasteiger partial charge in [0.15, 0.2) is 0 Å². The average Bonchev–Trinajstić information content (AvgIpc) is 3.04. The molecule has 5 heteroatoms. The lowest BCUT2D eigenvalue weighted by Crippen LogP contribution is -2.16. The van der Waals surface area contributed by atoms with Crippen LogP contribution in [0.4, 0.5) is 5.95 Å². The molecular formula is C19H21N5. The summed E-state index contributed by atoms with van der Waals surface area (Å²) in [6.45, 7) is 4.28. The zero-order valence-electron chi connectivity index (χ0n) is 13.8. The van der Waals surface area contributed by atoms with E-state index in [4.69, 9.17) is 0 Å². The van der Waals surface area contributed by atoms with E-state index < -0.39 is 0 Å². The van der Waals surface area contributed by atoms with Crippen LogP contribution in [0.5, 0.6) is 0 Å². The fourth-order valence-electron chi connectivity index (χ4n) is 2.92. The fourth-order valence-corrected chi connectivity index (χ4v) is 2.92. The summed E-state index contributed by atoms with van der Waals surface area (Å²) < 4.78 is 0. The molecule has 0 fully saturated rings. The van der Waals surface area contributed by atoms with Gasteiger partial charge in [-0.3, -0.25) is 0 Å². The number of allylic oxidation sites excluding steroid dienone is 1. The Morgan fingerprint density at radius 3 is 3.04 bits per heavy atom. The molecule has 1 aliphatic rings. The normalized spacial score (nSPS) is 14.3. The van der Waals surface area contributed by atoms with E-state index in [-0.39, 0.29) is 1.43 Å². The summed E-state index contributed by atoms with van der Waals surface area (Å²) in [5, 5.41) is 4.38. The van der Waals surface area contributed by atoms with Crippen molar-refractivity contribution < 1.29 is 1.43 Å². The van der Waals surface area contributed by atoms with E-state index >= 15 is 0 Å². The zero-order valence-corrected chi connectivity index (χ0v) is 13.8. The molecular weight excluding hydrogens is 298 g/mol. The van der Waals surface area contributed by atoms with Crippen LogP contribution < -0.4 is 5.32 Å². The standard InChI is InChI=1S/C19H19N5.H2/c1-3-12(2)23-19-21-10-16-15(5-7-18(16)24-19)13-4-6-17-14(8-13)9-20-11-22-17;/h4-6,8-12H,3,7H2,1-2H3,(H,21,23,24);1H/t12-;/m0./s1. The van der Waals surface area contributed by atoms with Crippen molar-refractivity contribution in [2.24, 2.45) is 0 Å². The summed E-state index contributed by atoms with van der Waals surface area (Å²) >= 11 is 0. The van der Waals surface area contributed by atoms with Gasteiger partial charge in [0.2, 0.25) is 5.95 Å². The van der Waals surface area contributed by atoms with E-state index in [2.05, 4.69) is 57.3 Å². The van der Waals surface area contributed by atoms with Crippen molar-refractivity contribution in [3.05, 3.63) is 59.8 Å². The number of nitrogens with zero attached hydrogens (tertiary/aromatic N) is 4. The highest BCUT2D eigenvalue weighted by atomic mass is 15.1. The lowest BCUT2D eigenvalue weighted by atomic mass is 10.0. The molecule has 0 unspecified atom stereocenters. The van der Waals surface area contributed by atoms with Gasteiger partial charge in [0.05, 0.1) is 11.2 Å². The summed E-state index contributed by atoms with van der Waals surface area (Å²) in [6.07, 6.45) is 9.45. The second-order valence-corrected chi connectivity index (χ2v) is 6.13. The monoisotopic (exact) mass is 319 g/mol. The summed E-state index contributed by atoms with van der Waals surface area (Å²) in [5.41, 5.74) is 5.49. The summed E-state index contributed by atoms with van der Waals surface area (Å²) in [6, 6.07) is 6.63. The van der Waals surface area contributed by atoms with Crippen LogP contribution in [0.15, 0.2) is 43.0 Å². The molecule has 3 aromatic rings. The van der Waals surface area contributed by atoms with Gasteiger partial charge in [-0.05, 0) is 36.6 Å². The van der Waals surface area contributed by atoms with Gasteiger partial charge in [-0.1, -0.05) is 19.1 Å². The lowest BCUT2D eigenvalue weighted by molar-refractivity contribution is 0.751. The molecule has 0 radical (unpaired) electrons. The number of anilines is 1. The van der Waals surface area contributed by atoms with Gasteiger partial charge in [0.1, 0.15) is 6.33 Å². The van der Waals surface area contributed by atoms with Gasteiger partial charge in [0.25, 0.3) is 0 Å². The average molecular weight is 319 g/mol. The van der Waals surface area contributed by atoms with Crippen molar-refractivity contribution in [1.82, 2.24) is 19.9 Å². The third kappa shape index (κ3) is 2.62. The molecule has 1 aliphatic carbocycles. The molecule has 0 saturated heterocycles. The van der Waals surface area contributed by atoms with Crippen LogP contribution in [-0.2, 0) is 6.42 Å². The number of aromatic nitrogens is 4. The first-order valence-electron chi connectivity index (χ1n) is 8.27. The van der Waals surface area contributed by atoms with Crippen LogP contribution in [0.2, 0.25) is 0 Å². The molecule has 1 atom stereocenters. The molecule has 0 saturated carbocycles. The first kappa shape index (κ1) is 14.8. The Morgan fingerprint density at radius 2 is 2.17 bits per heavy atom. The molecule has 24 heavy (non-hydrogen) atoms. The van der Waals surface area contributed by atoms with Crippen LogP contribution in [0, 0.1) is 0 Å². The largest absolute Gasteiger partial charge is 0.352 e. The van der Waals surface area contributed by atoms with E-state index in [1.807, 2.05) is 18.5 Å². The van der Waals surface area contributed by atoms with E-state index in [0.717, 1.165) is 40.6 Å². The topological polar surface area (TPSA) is 63.6 Å². The predicted octanol–water partition coefficient (Wildman–Crippen LogP) is 3.86. The Balaban J connectivity index is 0.00000182. The molecule has 0 bridgehead atoms. The second kappa shape index (κ2) is 6.00. The van der Waals surface area contributed by atoms with Crippen LogP contribution >= 0.6 is 0 Å². The Morgan fingerprint density at radius 1 is 1.25 bits per heavy atom. The maximum Gasteiger partial charge on any atom is 0.223 e. The number of fused-ring (bicyclic) bond motifs is 2. The van der Waals surface area contributed by atoms with Crippen LogP contribution in [0.1, 0.15) is 38.5 Å². The third-order valence-electron chi connectivity index (χ3n) is 4.46. The second-order valence-electron chi connectivity index (χ2n) is 6.13. The molecule has 1 aromatic carbocycles. The van der Waals surface area contributed by atoms with Gasteiger partial charge in [-0.25, -0.2) is 19.9 Å². The first-order valence-corrected chi connectivity index (χ1v) is 8.27. The minimum Gasteiger partial charge on any atom is -0.352 e. The third-order valence-corrected chi connectivity index (χ3v) is 4.46. The predicted molar refractivity (Wildman–Crippen MR) is 97.8 cm³/mol. The number of hydrogen-bond acceptors (Lipinski definition) is 5. The zero-order chi connectivity index (χ0) is 16.5. The maximum absolute atomic E-state index is 4.68. The van der Waals surface area contributed by atoms with Crippen molar-refractivity contribution >= 4 is 22.4 Å². The highest BCUT2D eigenvalue weighted by Gasteiger charge is 2.19. The van der Waals surface area contributed by atoms with Gasteiger partial charge in [-0.15, -0.1) is 0 Å². The van der Waals surface area contributed by atoms with Crippen molar-refractivity contribution in [3.63, 3.8) is 0 Å². The van der Waals surface area contributed by atoms with E-state index in [1.165, 1.54) is 5.57 Å². The van der Waals surface area contributed by atoms with Crippen molar-refractivity contribution in [1.29, 1.82) is 0 Å². The smallest absolute Gasteiger partial charge is 0.223 e. The summed E-state index contributed by atoms with van der Waals surface area (Å²) in [4.78, 5) is 17.6. The first-order chi connectivity index (χ1) is 11.7. The van der Waals surface area contributed by atoms with E-state index in [9.17, 15) is 0 Å². The van der Waals surface area contributed by atoms with Crippen LogP contribution in [0.3, 0.4) is 0 Å². The SMILES string of the molecule is CC[C@H](C)Nc1ncc2c(n1)CC=C2c1ccc2ncncc2c1.[HH]. The quantitative estimate of drug-likeness (QED) is 0.791. The molecule has 4 rings (SSSR count). The van der Waals surface area contributed by atoms with Crippen LogP contribution in [-0.4, -0.2) is 26.0 Å². The van der Waals surface area contributed by atoms with Gasteiger partial charge >= 0.3 is 0 Å². The summed E-state index contributed by atoms with van der Waals surface area (Å²) in [5.74, 6) is 0.713. The highest BCUT2D eigenvalue weighted by Crippen LogP contribution is 2.32. The van der Waals surface area contributed by atoms with Crippen LogP contribution in [0.25, 0.3) is 16.5 Å². The minimum absolute atomic E-state index is 0. The number of hydrogen-bond donors (Lipinski definition) is 1. The van der Waals surface area contributed by atoms with Gasteiger partial charge in [0, 0.05) is 37.2 Å². The van der Waals surface area contributed by atoms with Crippen molar-refractivity contribution in [2.45, 2.75) is 32.7 Å². The Hall–Kier alpha value is -2.82. The van der Waals surface area contributed by atoms with E-state index in [0.29, 0.717) is 12.0 Å². The summed E-state index contributed by atoms with van der Waals surface area (Å²) in [7, 11) is 0. The Kier molecular flexibility index (Phi) is 3.69. The fraction of sp³-hybridized carbons (Fsp3) is 0.263. The Labute approximate surface area is 142 Å². The molecule has 0 aliphatic heterocycles. The maximum atomic E-state index is 4.68. The van der Waals surface area contributed by atoms with Crippen molar-refractivity contribution in [2.75, 3.05) is 5.32 Å². The van der Waals surface area contributed by atoms with Gasteiger partial charge < -0.3 is 5.32 Å². The highest BCUT2D eigenvalue weighted by molar-refractivity contribution is 5.89. The van der Waals surface area contributed by atoms with Crippen molar-refractivity contribution in [3.8, 4) is 0 Å². The number of benzene rings is 1. The minimum atomic E-state index is 0. The van der Waals surface area contributed by atoms with E-state index in [1.54, 1.807) is 6.33 Å².